The average molecular weight is 416 g/mol. The monoisotopic (exact) mass is 415 g/mol. The van der Waals surface area contributed by atoms with Crippen molar-refractivity contribution in [3.05, 3.63) is 29.3 Å². The Morgan fingerprint density at radius 2 is 1.77 bits per heavy atom. The third kappa shape index (κ3) is 4.64. The molecule has 0 atom stereocenters. The molecule has 30 heavy (non-hydrogen) atoms. The van der Waals surface area contributed by atoms with Crippen molar-refractivity contribution < 1.29 is 23.8 Å². The Morgan fingerprint density at radius 1 is 1.10 bits per heavy atom. The lowest BCUT2D eigenvalue weighted by Gasteiger charge is -2.56. The van der Waals surface area contributed by atoms with Gasteiger partial charge in [-0.05, 0) is 86.8 Å². The van der Waals surface area contributed by atoms with Crippen LogP contribution < -0.4 is 10.1 Å². The number of hydrogen-bond acceptors (Lipinski definition) is 5. The molecule has 4 aliphatic rings. The number of amides is 1. The van der Waals surface area contributed by atoms with E-state index in [4.69, 9.17) is 14.2 Å². The maximum absolute atomic E-state index is 12.4. The highest BCUT2D eigenvalue weighted by Gasteiger charge is 2.50. The van der Waals surface area contributed by atoms with E-state index in [0.717, 1.165) is 23.3 Å². The second kappa shape index (κ2) is 8.96. The van der Waals surface area contributed by atoms with Crippen molar-refractivity contribution in [3.63, 3.8) is 0 Å². The Kier molecular flexibility index (Phi) is 6.32. The van der Waals surface area contributed by atoms with Crippen molar-refractivity contribution in [2.24, 2.45) is 23.2 Å². The summed E-state index contributed by atoms with van der Waals surface area (Å²) in [5.74, 6) is 2.49. The smallest absolute Gasteiger partial charge is 0.338 e. The molecule has 5 rings (SSSR count). The highest BCUT2D eigenvalue weighted by molar-refractivity contribution is 5.91. The van der Waals surface area contributed by atoms with E-state index in [2.05, 4.69) is 5.32 Å². The second-order valence-electron chi connectivity index (χ2n) is 9.43. The van der Waals surface area contributed by atoms with Crippen LogP contribution in [-0.2, 0) is 20.9 Å². The number of ether oxygens (including phenoxy) is 3. The fourth-order valence-corrected chi connectivity index (χ4v) is 6.29. The molecule has 1 aromatic carbocycles. The van der Waals surface area contributed by atoms with Crippen LogP contribution in [-0.4, -0.2) is 38.7 Å². The Bertz CT molecular complexity index is 755. The topological polar surface area (TPSA) is 73.9 Å². The molecule has 0 unspecified atom stereocenters. The van der Waals surface area contributed by atoms with Crippen LogP contribution >= 0.6 is 0 Å². The molecule has 6 nitrogen and oxygen atoms in total. The van der Waals surface area contributed by atoms with Gasteiger partial charge < -0.3 is 19.5 Å². The van der Waals surface area contributed by atoms with Crippen LogP contribution in [0.25, 0.3) is 0 Å². The molecule has 4 aliphatic carbocycles. The molecule has 6 heteroatoms. The summed E-state index contributed by atoms with van der Waals surface area (Å²) in [6.07, 6.45) is 7.89. The summed E-state index contributed by atoms with van der Waals surface area (Å²) in [6, 6.07) is 5.06. The normalized spacial score (nSPS) is 28.9. The van der Waals surface area contributed by atoms with E-state index in [9.17, 15) is 9.59 Å². The van der Waals surface area contributed by atoms with Gasteiger partial charge >= 0.3 is 5.97 Å². The molecular formula is C24H33NO5. The average Bonchev–Trinajstić information content (AvgIpc) is 2.73. The van der Waals surface area contributed by atoms with Crippen molar-refractivity contribution in [3.8, 4) is 5.75 Å². The molecule has 0 aliphatic heterocycles. The van der Waals surface area contributed by atoms with Gasteiger partial charge in [-0.2, -0.15) is 0 Å². The Morgan fingerprint density at radius 3 is 2.37 bits per heavy atom. The molecule has 1 aromatic rings. The first-order valence-electron chi connectivity index (χ1n) is 11.2. The number of hydrogen-bond donors (Lipinski definition) is 1. The van der Waals surface area contributed by atoms with Gasteiger partial charge in [-0.3, -0.25) is 4.79 Å². The number of esters is 1. The quantitative estimate of drug-likeness (QED) is 0.622. The van der Waals surface area contributed by atoms with E-state index >= 15 is 0 Å². The fourth-order valence-electron chi connectivity index (χ4n) is 6.29. The van der Waals surface area contributed by atoms with Crippen molar-refractivity contribution in [2.75, 3.05) is 26.9 Å². The number of benzene rings is 1. The molecule has 4 bridgehead atoms. The van der Waals surface area contributed by atoms with Crippen LogP contribution in [0.4, 0.5) is 0 Å². The molecule has 0 spiro atoms. The van der Waals surface area contributed by atoms with Crippen molar-refractivity contribution >= 4 is 11.9 Å². The van der Waals surface area contributed by atoms with Gasteiger partial charge in [-0.1, -0.05) is 0 Å². The van der Waals surface area contributed by atoms with Crippen molar-refractivity contribution in [1.29, 1.82) is 0 Å². The molecule has 0 saturated heterocycles. The predicted octanol–water partition coefficient (Wildman–Crippen LogP) is 3.72. The zero-order chi connectivity index (χ0) is 21.1. The van der Waals surface area contributed by atoms with E-state index in [0.29, 0.717) is 31.1 Å². The van der Waals surface area contributed by atoms with Crippen LogP contribution in [0, 0.1) is 23.2 Å². The van der Waals surface area contributed by atoms with Crippen LogP contribution in [0.5, 0.6) is 5.75 Å². The number of rotatable bonds is 9. The molecule has 0 radical (unpaired) electrons. The zero-order valence-electron chi connectivity index (χ0n) is 18.1. The van der Waals surface area contributed by atoms with Gasteiger partial charge in [0.1, 0.15) is 5.75 Å². The number of carbonyl (C=O) groups is 2. The van der Waals surface area contributed by atoms with Crippen LogP contribution in [0.1, 0.15) is 61.4 Å². The van der Waals surface area contributed by atoms with E-state index in [-0.39, 0.29) is 17.9 Å². The number of carbonyl (C=O) groups excluding carboxylic acids is 2. The van der Waals surface area contributed by atoms with Crippen LogP contribution in [0.15, 0.2) is 18.2 Å². The first-order valence-corrected chi connectivity index (χ1v) is 11.2. The van der Waals surface area contributed by atoms with Crippen molar-refractivity contribution in [1.82, 2.24) is 5.32 Å². The van der Waals surface area contributed by atoms with Crippen molar-refractivity contribution in [2.45, 2.75) is 52.1 Å². The maximum Gasteiger partial charge on any atom is 0.338 e. The first-order chi connectivity index (χ1) is 14.5. The predicted molar refractivity (Wildman–Crippen MR) is 112 cm³/mol. The molecule has 0 heterocycles. The van der Waals surface area contributed by atoms with Crippen LogP contribution in [0.3, 0.4) is 0 Å². The highest BCUT2D eigenvalue weighted by atomic mass is 16.5. The van der Waals surface area contributed by atoms with E-state index in [1.54, 1.807) is 25.3 Å². The minimum Gasteiger partial charge on any atom is -0.496 e. The summed E-state index contributed by atoms with van der Waals surface area (Å²) in [7, 11) is 1.58. The van der Waals surface area contributed by atoms with Gasteiger partial charge in [0.15, 0.2) is 6.61 Å². The molecule has 4 fully saturated rings. The summed E-state index contributed by atoms with van der Waals surface area (Å²) < 4.78 is 16.0. The van der Waals surface area contributed by atoms with E-state index < -0.39 is 5.97 Å². The minimum atomic E-state index is -0.514. The van der Waals surface area contributed by atoms with Gasteiger partial charge in [0.25, 0.3) is 5.91 Å². The molecule has 0 aromatic heterocycles. The number of nitrogens with one attached hydrogen (secondary N) is 1. The Balaban J connectivity index is 1.27. The first kappa shape index (κ1) is 21.2. The third-order valence-corrected chi connectivity index (χ3v) is 7.14. The molecule has 4 saturated carbocycles. The summed E-state index contributed by atoms with van der Waals surface area (Å²) in [4.78, 5) is 24.8. The lowest BCUT2D eigenvalue weighted by atomic mass is 9.49. The summed E-state index contributed by atoms with van der Waals surface area (Å²) in [5, 5.41) is 3.05. The van der Waals surface area contributed by atoms with Gasteiger partial charge in [-0.15, -0.1) is 0 Å². The SMILES string of the molecule is CCOCc1cc(C(=O)OCC(=O)NCC23CC4CC(CC(C4)C2)C3)ccc1OC. The molecule has 1 amide bonds. The second-order valence-corrected chi connectivity index (χ2v) is 9.43. The lowest BCUT2D eigenvalue weighted by molar-refractivity contribution is -0.126. The largest absolute Gasteiger partial charge is 0.496 e. The Hall–Kier alpha value is -2.08. The Labute approximate surface area is 178 Å². The maximum atomic E-state index is 12.4. The molecular weight excluding hydrogens is 382 g/mol. The zero-order valence-corrected chi connectivity index (χ0v) is 18.1. The van der Waals surface area contributed by atoms with Gasteiger partial charge in [0.05, 0.1) is 19.3 Å². The third-order valence-electron chi connectivity index (χ3n) is 7.14. The molecule has 164 valence electrons. The number of methoxy groups -OCH3 is 1. The summed E-state index contributed by atoms with van der Waals surface area (Å²) >= 11 is 0. The highest BCUT2D eigenvalue weighted by Crippen LogP contribution is 2.59. The van der Waals surface area contributed by atoms with Gasteiger partial charge in [0.2, 0.25) is 0 Å². The van der Waals surface area contributed by atoms with Gasteiger partial charge in [0, 0.05) is 18.7 Å². The van der Waals surface area contributed by atoms with E-state index in [1.807, 2.05) is 6.92 Å². The standard InChI is InChI=1S/C24H33NO5/c1-3-29-13-20-9-19(4-5-21(20)28-2)23(27)30-14-22(26)25-15-24-10-16-6-17(11-24)8-18(7-16)12-24/h4-5,9,16-18H,3,6-8,10-15H2,1-2H3,(H,25,26). The minimum absolute atomic E-state index is 0.220. The lowest BCUT2D eigenvalue weighted by Crippen LogP contribution is -2.51. The van der Waals surface area contributed by atoms with Crippen LogP contribution in [0.2, 0.25) is 0 Å². The molecule has 1 N–H and O–H groups in total. The fraction of sp³-hybridized carbons (Fsp3) is 0.667. The summed E-state index contributed by atoms with van der Waals surface area (Å²) in [5.41, 5.74) is 1.44. The van der Waals surface area contributed by atoms with E-state index in [1.165, 1.54) is 38.5 Å². The summed E-state index contributed by atoms with van der Waals surface area (Å²) in [6.45, 7) is 3.30. The van der Waals surface area contributed by atoms with Gasteiger partial charge in [-0.25, -0.2) is 4.79 Å².